The van der Waals surface area contributed by atoms with Crippen molar-refractivity contribution in [2.75, 3.05) is 20.0 Å². The lowest BCUT2D eigenvalue weighted by atomic mass is 10.2. The third-order valence-corrected chi connectivity index (χ3v) is 2.37. The number of aromatic nitrogens is 1. The normalized spacial score (nSPS) is 10.1. The maximum Gasteiger partial charge on any atom is 0.362 e. The van der Waals surface area contributed by atoms with Crippen LogP contribution in [0.3, 0.4) is 0 Å². The molecule has 6 nitrogen and oxygen atoms in total. The fourth-order valence-electron chi connectivity index (χ4n) is 1.43. The largest absolute Gasteiger partial charge is 0.497 e. The molecule has 0 unspecified atom stereocenters. The van der Waals surface area contributed by atoms with E-state index in [9.17, 15) is 4.79 Å². The summed E-state index contributed by atoms with van der Waals surface area (Å²) in [4.78, 5) is 15.3. The minimum absolute atomic E-state index is 0.0247. The summed E-state index contributed by atoms with van der Waals surface area (Å²) in [5.74, 6) is 0.283. The Morgan fingerprint density at radius 1 is 1.28 bits per heavy atom. The molecule has 0 fully saturated rings. The SMILES string of the molecule is COC(=O)c1nc(-c2ccc(OC)cc2)oc1N. The number of nitrogen functional groups attached to an aromatic ring is 1. The van der Waals surface area contributed by atoms with Crippen molar-refractivity contribution in [3.05, 3.63) is 30.0 Å². The minimum atomic E-state index is -0.629. The first-order valence-electron chi connectivity index (χ1n) is 5.14. The van der Waals surface area contributed by atoms with Gasteiger partial charge < -0.3 is 19.6 Å². The zero-order chi connectivity index (χ0) is 13.1. The monoisotopic (exact) mass is 248 g/mol. The van der Waals surface area contributed by atoms with E-state index in [0.29, 0.717) is 11.3 Å². The van der Waals surface area contributed by atoms with Crippen LogP contribution in [-0.4, -0.2) is 25.2 Å². The van der Waals surface area contributed by atoms with E-state index in [0.717, 1.165) is 0 Å². The molecule has 6 heteroatoms. The molecule has 1 heterocycles. The van der Waals surface area contributed by atoms with Crippen molar-refractivity contribution in [1.82, 2.24) is 4.98 Å². The highest BCUT2D eigenvalue weighted by molar-refractivity contribution is 5.92. The van der Waals surface area contributed by atoms with Crippen LogP contribution in [0, 0.1) is 0 Å². The smallest absolute Gasteiger partial charge is 0.362 e. The fraction of sp³-hybridized carbons (Fsp3) is 0.167. The molecule has 0 aliphatic rings. The second-order valence-electron chi connectivity index (χ2n) is 3.45. The summed E-state index contributed by atoms with van der Waals surface area (Å²) in [7, 11) is 2.83. The van der Waals surface area contributed by atoms with E-state index < -0.39 is 5.97 Å². The van der Waals surface area contributed by atoms with Crippen LogP contribution in [0.2, 0.25) is 0 Å². The second-order valence-corrected chi connectivity index (χ2v) is 3.45. The number of rotatable bonds is 3. The van der Waals surface area contributed by atoms with E-state index in [1.807, 2.05) is 0 Å². The number of hydrogen-bond acceptors (Lipinski definition) is 6. The van der Waals surface area contributed by atoms with Gasteiger partial charge in [0.05, 0.1) is 14.2 Å². The Kier molecular flexibility index (Phi) is 3.18. The molecule has 0 radical (unpaired) electrons. The maximum absolute atomic E-state index is 11.3. The van der Waals surface area contributed by atoms with Crippen LogP contribution in [0.5, 0.6) is 5.75 Å². The van der Waals surface area contributed by atoms with Gasteiger partial charge in [0.25, 0.3) is 0 Å². The first kappa shape index (κ1) is 12.0. The third-order valence-electron chi connectivity index (χ3n) is 2.37. The summed E-state index contributed by atoms with van der Waals surface area (Å²) in [6, 6.07) is 7.03. The number of nitrogens with two attached hydrogens (primary N) is 1. The Balaban J connectivity index is 2.36. The lowest BCUT2D eigenvalue weighted by molar-refractivity contribution is 0.0595. The van der Waals surface area contributed by atoms with Gasteiger partial charge >= 0.3 is 5.97 Å². The van der Waals surface area contributed by atoms with E-state index in [1.54, 1.807) is 31.4 Å². The van der Waals surface area contributed by atoms with Gasteiger partial charge in [-0.15, -0.1) is 0 Å². The van der Waals surface area contributed by atoms with Crippen LogP contribution in [0.25, 0.3) is 11.5 Å². The Bertz CT molecular complexity index is 560. The number of ether oxygens (including phenoxy) is 2. The van der Waals surface area contributed by atoms with Crippen LogP contribution in [0.1, 0.15) is 10.5 Å². The van der Waals surface area contributed by atoms with Gasteiger partial charge in [0.15, 0.2) is 0 Å². The van der Waals surface area contributed by atoms with Crippen LogP contribution < -0.4 is 10.5 Å². The molecule has 0 aliphatic heterocycles. The summed E-state index contributed by atoms with van der Waals surface area (Å²) in [6.07, 6.45) is 0. The van der Waals surface area contributed by atoms with Crippen LogP contribution in [-0.2, 0) is 4.74 Å². The van der Waals surface area contributed by atoms with Gasteiger partial charge in [0.1, 0.15) is 5.75 Å². The Morgan fingerprint density at radius 2 is 1.94 bits per heavy atom. The van der Waals surface area contributed by atoms with E-state index in [1.165, 1.54) is 7.11 Å². The molecule has 1 aromatic carbocycles. The number of carbonyl (C=O) groups excluding carboxylic acids is 1. The van der Waals surface area contributed by atoms with Gasteiger partial charge in [-0.25, -0.2) is 4.79 Å². The molecule has 0 saturated heterocycles. The van der Waals surface area contributed by atoms with Gasteiger partial charge in [0.2, 0.25) is 17.5 Å². The van der Waals surface area contributed by atoms with Crippen molar-refractivity contribution in [3.63, 3.8) is 0 Å². The lowest BCUT2D eigenvalue weighted by Gasteiger charge is -1.99. The first-order chi connectivity index (χ1) is 8.65. The van der Waals surface area contributed by atoms with Gasteiger partial charge in [0, 0.05) is 5.56 Å². The van der Waals surface area contributed by atoms with E-state index in [2.05, 4.69) is 9.72 Å². The van der Waals surface area contributed by atoms with Crippen molar-refractivity contribution in [2.45, 2.75) is 0 Å². The van der Waals surface area contributed by atoms with Crippen LogP contribution in [0.4, 0.5) is 5.88 Å². The standard InChI is InChI=1S/C12H12N2O4/c1-16-8-5-3-7(4-6-8)11-14-9(10(13)18-11)12(15)17-2/h3-6H,13H2,1-2H3. The van der Waals surface area contributed by atoms with Crippen molar-refractivity contribution in [2.24, 2.45) is 0 Å². The molecule has 2 rings (SSSR count). The molecule has 1 aromatic heterocycles. The molecular formula is C12H12N2O4. The zero-order valence-electron chi connectivity index (χ0n) is 9.97. The number of benzene rings is 1. The summed E-state index contributed by atoms with van der Waals surface area (Å²) >= 11 is 0. The van der Waals surface area contributed by atoms with E-state index >= 15 is 0 Å². The molecule has 2 N–H and O–H groups in total. The van der Waals surface area contributed by atoms with Gasteiger partial charge in [-0.05, 0) is 24.3 Å². The molecule has 0 saturated carbocycles. The fourth-order valence-corrected chi connectivity index (χ4v) is 1.43. The quantitative estimate of drug-likeness (QED) is 0.832. The molecule has 2 aromatic rings. The predicted molar refractivity (Wildman–Crippen MR) is 64.2 cm³/mol. The van der Waals surface area contributed by atoms with Gasteiger partial charge in [-0.3, -0.25) is 0 Å². The molecule has 0 bridgehead atoms. The highest BCUT2D eigenvalue weighted by atomic mass is 16.5. The highest BCUT2D eigenvalue weighted by Gasteiger charge is 2.19. The Morgan fingerprint density at radius 3 is 2.50 bits per heavy atom. The minimum Gasteiger partial charge on any atom is -0.497 e. The molecule has 94 valence electrons. The average Bonchev–Trinajstić information content (AvgIpc) is 2.80. The summed E-state index contributed by atoms with van der Waals surface area (Å²) < 4.78 is 14.8. The highest BCUT2D eigenvalue weighted by Crippen LogP contribution is 2.25. The van der Waals surface area contributed by atoms with Gasteiger partial charge in [-0.1, -0.05) is 0 Å². The van der Waals surface area contributed by atoms with Gasteiger partial charge in [-0.2, -0.15) is 4.98 Å². The number of carbonyl (C=O) groups is 1. The number of oxazole rings is 1. The van der Waals surface area contributed by atoms with Crippen molar-refractivity contribution < 1.29 is 18.7 Å². The molecular weight excluding hydrogens is 236 g/mol. The van der Waals surface area contributed by atoms with Crippen molar-refractivity contribution in [3.8, 4) is 17.2 Å². The second kappa shape index (κ2) is 4.79. The first-order valence-corrected chi connectivity index (χ1v) is 5.14. The lowest BCUT2D eigenvalue weighted by Crippen LogP contribution is -2.04. The molecule has 0 atom stereocenters. The topological polar surface area (TPSA) is 87.6 Å². The van der Waals surface area contributed by atoms with Crippen molar-refractivity contribution in [1.29, 1.82) is 0 Å². The van der Waals surface area contributed by atoms with Crippen LogP contribution >= 0.6 is 0 Å². The average molecular weight is 248 g/mol. The zero-order valence-corrected chi connectivity index (χ0v) is 9.97. The van der Waals surface area contributed by atoms with Crippen molar-refractivity contribution >= 4 is 11.9 Å². The van der Waals surface area contributed by atoms with E-state index in [-0.39, 0.29) is 17.5 Å². The Labute approximate surface area is 103 Å². The molecule has 0 amide bonds. The summed E-state index contributed by atoms with van der Waals surface area (Å²) in [5, 5.41) is 0. The number of anilines is 1. The maximum atomic E-state index is 11.3. The summed E-state index contributed by atoms with van der Waals surface area (Å²) in [5.41, 5.74) is 6.22. The van der Waals surface area contributed by atoms with Crippen LogP contribution in [0.15, 0.2) is 28.7 Å². The molecule has 0 aliphatic carbocycles. The third kappa shape index (κ3) is 2.13. The number of methoxy groups -OCH3 is 2. The Hall–Kier alpha value is -2.50. The number of nitrogens with zero attached hydrogens (tertiary/aromatic N) is 1. The summed E-state index contributed by atoms with van der Waals surface area (Å²) in [6.45, 7) is 0. The molecule has 0 spiro atoms. The van der Waals surface area contributed by atoms with E-state index in [4.69, 9.17) is 14.9 Å². The molecule has 18 heavy (non-hydrogen) atoms. The predicted octanol–water partition coefficient (Wildman–Crippen LogP) is 1.72. The number of esters is 1. The number of hydrogen-bond donors (Lipinski definition) is 1.